The summed E-state index contributed by atoms with van der Waals surface area (Å²) in [7, 11) is -2.03. The molecule has 1 aromatic heterocycles. The molecule has 0 amide bonds. The lowest BCUT2D eigenvalue weighted by molar-refractivity contribution is -0.140. The lowest BCUT2D eigenvalue weighted by Gasteiger charge is -2.42. The molecule has 0 spiro atoms. The van der Waals surface area contributed by atoms with Crippen LogP contribution >= 0.6 is 0 Å². The Bertz CT molecular complexity index is 1600. The van der Waals surface area contributed by atoms with E-state index in [1.165, 1.54) is 19.2 Å². The molecule has 1 aliphatic heterocycles. The van der Waals surface area contributed by atoms with Gasteiger partial charge in [0.15, 0.2) is 9.84 Å². The van der Waals surface area contributed by atoms with Crippen LogP contribution in [0.15, 0.2) is 47.4 Å². The van der Waals surface area contributed by atoms with Crippen molar-refractivity contribution in [2.45, 2.75) is 62.6 Å². The van der Waals surface area contributed by atoms with Gasteiger partial charge in [0.1, 0.15) is 18.5 Å². The number of hydrogen-bond acceptors (Lipinski definition) is 6. The molecule has 12 heteroatoms. The number of likely N-dealkylation sites (tertiary alicyclic amines) is 1. The summed E-state index contributed by atoms with van der Waals surface area (Å²) in [5.41, 5.74) is 1.39. The van der Waals surface area contributed by atoms with Crippen molar-refractivity contribution in [3.8, 4) is 17.6 Å². The number of alkyl halides is 4. The summed E-state index contributed by atoms with van der Waals surface area (Å²) >= 11 is 0. The molecular weight excluding hydrogens is 572 g/mol. The molecule has 0 bridgehead atoms. The fraction of sp³-hybridized carbons (Fsp3) is 0.467. The molecule has 2 aromatic carbocycles. The van der Waals surface area contributed by atoms with Crippen molar-refractivity contribution >= 4 is 32.1 Å². The molecular formula is C30H36F4N4O3S. The number of piperidine rings is 1. The predicted octanol–water partition coefficient (Wildman–Crippen LogP) is 5.70. The maximum Gasteiger partial charge on any atom is 0.406 e. The van der Waals surface area contributed by atoms with Gasteiger partial charge in [-0.05, 0) is 63.4 Å². The molecule has 2 N–H and O–H groups in total. The number of benzene rings is 2. The Hall–Kier alpha value is -3.43. The maximum absolute atomic E-state index is 15.2. The van der Waals surface area contributed by atoms with Crippen molar-refractivity contribution in [2.24, 2.45) is 0 Å². The van der Waals surface area contributed by atoms with Crippen LogP contribution in [0, 0.1) is 11.8 Å². The van der Waals surface area contributed by atoms with E-state index in [-0.39, 0.29) is 29.2 Å². The van der Waals surface area contributed by atoms with E-state index < -0.39 is 34.8 Å². The summed E-state index contributed by atoms with van der Waals surface area (Å²) in [5.74, 6) is 5.98. The first-order valence-corrected chi connectivity index (χ1v) is 15.4. The summed E-state index contributed by atoms with van der Waals surface area (Å²) in [5, 5.41) is 6.80. The standard InChI is InChI=1S/C30H36F4N4O3S/c1-29(2,3)37-15-13-25(23(31)18-37)36-24-9-6-10-27-22(24)16-20(38(27)19-30(32,33)34)8-7-14-35-26-12-11-21(42(5,39)40)17-28(26)41-4/h6,9-12,16-17,23,25,35-36H,13-15,18-19H2,1-5H3/t23-,25+/m1/s1. The second-order valence-corrected chi connectivity index (χ2v) is 13.4. The highest BCUT2D eigenvalue weighted by atomic mass is 32.2. The highest BCUT2D eigenvalue weighted by molar-refractivity contribution is 7.90. The Balaban J connectivity index is 1.59. The van der Waals surface area contributed by atoms with Gasteiger partial charge in [-0.25, -0.2) is 12.8 Å². The topological polar surface area (TPSA) is 75.6 Å². The van der Waals surface area contributed by atoms with Crippen LogP contribution in [0.3, 0.4) is 0 Å². The summed E-state index contributed by atoms with van der Waals surface area (Å²) in [6.07, 6.45) is -3.97. The fourth-order valence-electron chi connectivity index (χ4n) is 5.06. The molecule has 3 aromatic rings. The Morgan fingerprint density at radius 3 is 2.45 bits per heavy atom. The molecule has 42 heavy (non-hydrogen) atoms. The number of fused-ring (bicyclic) bond motifs is 1. The third-order valence-electron chi connectivity index (χ3n) is 7.30. The number of nitrogens with zero attached hydrogens (tertiary/aromatic N) is 2. The van der Waals surface area contributed by atoms with Crippen molar-refractivity contribution in [2.75, 3.05) is 43.6 Å². The van der Waals surface area contributed by atoms with Gasteiger partial charge in [0.2, 0.25) is 0 Å². The van der Waals surface area contributed by atoms with E-state index in [0.29, 0.717) is 41.0 Å². The lowest BCUT2D eigenvalue weighted by atomic mass is 9.96. The van der Waals surface area contributed by atoms with Crippen molar-refractivity contribution in [3.63, 3.8) is 0 Å². The number of hydrogen-bond donors (Lipinski definition) is 2. The molecule has 0 radical (unpaired) electrons. The fourth-order valence-corrected chi connectivity index (χ4v) is 5.70. The molecule has 1 aliphatic rings. The predicted molar refractivity (Wildman–Crippen MR) is 158 cm³/mol. The first-order chi connectivity index (χ1) is 19.6. The van der Waals surface area contributed by atoms with Crippen LogP contribution in [0.2, 0.25) is 0 Å². The highest BCUT2D eigenvalue weighted by Gasteiger charge is 2.34. The van der Waals surface area contributed by atoms with Crippen LogP contribution < -0.4 is 15.4 Å². The van der Waals surface area contributed by atoms with Crippen molar-refractivity contribution in [1.82, 2.24) is 9.47 Å². The van der Waals surface area contributed by atoms with E-state index >= 15 is 4.39 Å². The van der Waals surface area contributed by atoms with Gasteiger partial charge in [-0.1, -0.05) is 12.0 Å². The molecule has 2 atom stereocenters. The smallest absolute Gasteiger partial charge is 0.406 e. The first-order valence-electron chi connectivity index (χ1n) is 13.5. The monoisotopic (exact) mass is 608 g/mol. The zero-order chi connectivity index (χ0) is 30.9. The van der Waals surface area contributed by atoms with Crippen LogP contribution in [-0.2, 0) is 16.4 Å². The van der Waals surface area contributed by atoms with Crippen molar-refractivity contribution in [3.05, 3.63) is 48.2 Å². The summed E-state index contributed by atoms with van der Waals surface area (Å²) in [4.78, 5) is 2.18. The number of methoxy groups -OCH3 is 1. The third kappa shape index (κ3) is 7.50. The van der Waals surface area contributed by atoms with Gasteiger partial charge in [0.25, 0.3) is 0 Å². The van der Waals surface area contributed by atoms with Crippen LogP contribution in [0.1, 0.15) is 32.9 Å². The second kappa shape index (κ2) is 12.1. The summed E-state index contributed by atoms with van der Waals surface area (Å²) in [6, 6.07) is 10.5. The normalized spacial score (nSPS) is 18.4. The lowest BCUT2D eigenvalue weighted by Crippen LogP contribution is -2.54. The number of sulfone groups is 1. The van der Waals surface area contributed by atoms with E-state index in [1.54, 1.807) is 30.3 Å². The largest absolute Gasteiger partial charge is 0.495 e. The van der Waals surface area contributed by atoms with E-state index in [1.807, 2.05) is 20.8 Å². The quantitative estimate of drug-likeness (QED) is 0.265. The SMILES string of the molecule is COc1cc(S(C)(=O)=O)ccc1NCC#Cc1cc2c(N[C@H]3CCN(C(C)(C)C)C[C@H]3F)cccc2n1CC(F)(F)F. The molecule has 228 valence electrons. The number of ether oxygens (including phenoxy) is 1. The van der Waals surface area contributed by atoms with E-state index in [2.05, 4.69) is 27.4 Å². The van der Waals surface area contributed by atoms with Gasteiger partial charge in [-0.3, -0.25) is 4.90 Å². The number of aromatic nitrogens is 1. The zero-order valence-corrected chi connectivity index (χ0v) is 25.1. The Kier molecular flexibility index (Phi) is 9.04. The molecule has 1 saturated heterocycles. The van der Waals surface area contributed by atoms with Gasteiger partial charge in [0.05, 0.1) is 41.5 Å². The highest BCUT2D eigenvalue weighted by Crippen LogP contribution is 2.32. The average Bonchev–Trinajstić information content (AvgIpc) is 3.23. The Morgan fingerprint density at radius 1 is 1.10 bits per heavy atom. The van der Waals surface area contributed by atoms with Crippen molar-refractivity contribution < 1.29 is 30.7 Å². The molecule has 7 nitrogen and oxygen atoms in total. The van der Waals surface area contributed by atoms with Gasteiger partial charge < -0.3 is 19.9 Å². The minimum Gasteiger partial charge on any atom is -0.495 e. The maximum atomic E-state index is 15.2. The van der Waals surface area contributed by atoms with Crippen LogP contribution in [0.5, 0.6) is 5.75 Å². The number of rotatable bonds is 7. The van der Waals surface area contributed by atoms with Gasteiger partial charge >= 0.3 is 6.18 Å². The minimum atomic E-state index is -4.48. The molecule has 1 fully saturated rings. The number of nitrogens with one attached hydrogen (secondary N) is 2. The van der Waals surface area contributed by atoms with Crippen LogP contribution in [-0.4, -0.2) is 74.8 Å². The summed E-state index contributed by atoms with van der Waals surface area (Å²) < 4.78 is 86.0. The van der Waals surface area contributed by atoms with Gasteiger partial charge in [0, 0.05) is 42.0 Å². The van der Waals surface area contributed by atoms with E-state index in [9.17, 15) is 21.6 Å². The van der Waals surface area contributed by atoms with Gasteiger partial charge in [-0.15, -0.1) is 0 Å². The molecule has 0 unspecified atom stereocenters. The first kappa shape index (κ1) is 31.5. The van der Waals surface area contributed by atoms with Crippen molar-refractivity contribution in [1.29, 1.82) is 0 Å². The molecule has 0 aliphatic carbocycles. The second-order valence-electron chi connectivity index (χ2n) is 11.4. The minimum absolute atomic E-state index is 0.0586. The van der Waals surface area contributed by atoms with Crippen LogP contribution in [0.4, 0.5) is 28.9 Å². The van der Waals surface area contributed by atoms with Crippen LogP contribution in [0.25, 0.3) is 10.9 Å². The van der Waals surface area contributed by atoms with Gasteiger partial charge in [-0.2, -0.15) is 13.2 Å². The Labute approximate surface area is 244 Å². The summed E-state index contributed by atoms with van der Waals surface area (Å²) in [6.45, 7) is 5.94. The molecule has 2 heterocycles. The third-order valence-corrected chi connectivity index (χ3v) is 8.41. The molecule has 4 rings (SSSR count). The molecule has 0 saturated carbocycles. The average molecular weight is 609 g/mol. The zero-order valence-electron chi connectivity index (χ0n) is 24.3. The van der Waals surface area contributed by atoms with E-state index in [0.717, 1.165) is 10.8 Å². The number of anilines is 2. The van der Waals surface area contributed by atoms with E-state index in [4.69, 9.17) is 4.74 Å². The Morgan fingerprint density at radius 2 is 1.83 bits per heavy atom. The number of halogens is 4.